The highest BCUT2D eigenvalue weighted by molar-refractivity contribution is 6.31. The summed E-state index contributed by atoms with van der Waals surface area (Å²) in [5.74, 6) is -0.792. The lowest BCUT2D eigenvalue weighted by molar-refractivity contribution is 0.0585. The van der Waals surface area contributed by atoms with Crippen LogP contribution in [0.25, 0.3) is 11.0 Å². The van der Waals surface area contributed by atoms with E-state index in [9.17, 15) is 14.4 Å². The number of amides is 1. The van der Waals surface area contributed by atoms with Crippen LogP contribution in [-0.2, 0) is 9.47 Å². The molecule has 0 N–H and O–H groups in total. The van der Waals surface area contributed by atoms with Gasteiger partial charge in [-0.15, -0.1) is 0 Å². The van der Waals surface area contributed by atoms with Crippen molar-refractivity contribution in [2.45, 2.75) is 32.4 Å². The molecule has 1 aliphatic rings. The molecule has 1 atom stereocenters. The fourth-order valence-corrected chi connectivity index (χ4v) is 4.22. The van der Waals surface area contributed by atoms with Crippen LogP contribution in [0.5, 0.6) is 0 Å². The van der Waals surface area contributed by atoms with E-state index in [4.69, 9.17) is 25.5 Å². The van der Waals surface area contributed by atoms with Crippen molar-refractivity contribution in [3.8, 4) is 0 Å². The van der Waals surface area contributed by atoms with Gasteiger partial charge in [-0.05, 0) is 56.2 Å². The Kier molecular flexibility index (Phi) is 6.54. The van der Waals surface area contributed by atoms with Crippen LogP contribution in [0.2, 0.25) is 5.02 Å². The molecule has 4 rings (SSSR count). The molecule has 3 aromatic rings. The molecule has 1 unspecified atom stereocenters. The van der Waals surface area contributed by atoms with Crippen LogP contribution in [0.1, 0.15) is 58.3 Å². The Morgan fingerprint density at radius 3 is 2.55 bits per heavy atom. The van der Waals surface area contributed by atoms with Crippen molar-refractivity contribution in [3.05, 3.63) is 80.2 Å². The van der Waals surface area contributed by atoms with Gasteiger partial charge in [0.05, 0.1) is 35.8 Å². The predicted octanol–water partition coefficient (Wildman–Crippen LogP) is 4.59. The maximum absolute atomic E-state index is 13.5. The van der Waals surface area contributed by atoms with Gasteiger partial charge in [0.2, 0.25) is 5.76 Å². The summed E-state index contributed by atoms with van der Waals surface area (Å²) in [4.78, 5) is 40.3. The lowest BCUT2D eigenvalue weighted by Crippen LogP contribution is -2.31. The third-order valence-corrected chi connectivity index (χ3v) is 5.80. The van der Waals surface area contributed by atoms with Crippen molar-refractivity contribution >= 4 is 34.4 Å². The predicted molar refractivity (Wildman–Crippen MR) is 124 cm³/mol. The molecule has 1 aliphatic heterocycles. The Balaban J connectivity index is 1.80. The quantitative estimate of drug-likeness (QED) is 0.371. The van der Waals surface area contributed by atoms with E-state index in [1.165, 1.54) is 7.11 Å². The molecule has 1 amide bonds. The summed E-state index contributed by atoms with van der Waals surface area (Å²) in [5.41, 5.74) is 1.34. The van der Waals surface area contributed by atoms with Crippen LogP contribution in [-0.4, -0.2) is 43.1 Å². The van der Waals surface area contributed by atoms with Crippen LogP contribution in [0.3, 0.4) is 0 Å². The summed E-state index contributed by atoms with van der Waals surface area (Å²) >= 11 is 6.11. The molecule has 33 heavy (non-hydrogen) atoms. The summed E-state index contributed by atoms with van der Waals surface area (Å²) in [6.07, 6.45) is 0.671. The van der Waals surface area contributed by atoms with E-state index in [2.05, 4.69) is 0 Å². The Morgan fingerprint density at radius 2 is 1.88 bits per heavy atom. The molecule has 0 fully saturated rings. The second-order valence-corrected chi connectivity index (χ2v) is 8.54. The van der Waals surface area contributed by atoms with Crippen molar-refractivity contribution in [2.24, 2.45) is 0 Å². The zero-order chi connectivity index (χ0) is 23.7. The van der Waals surface area contributed by atoms with Crippen molar-refractivity contribution in [2.75, 3.05) is 20.3 Å². The molecular weight excluding hydrogens is 446 g/mol. The van der Waals surface area contributed by atoms with Gasteiger partial charge < -0.3 is 18.8 Å². The van der Waals surface area contributed by atoms with E-state index in [1.54, 1.807) is 47.4 Å². The first-order valence-corrected chi connectivity index (χ1v) is 11.1. The minimum absolute atomic E-state index is 0.0293. The van der Waals surface area contributed by atoms with E-state index >= 15 is 0 Å². The molecule has 8 heteroatoms. The number of hydrogen-bond donors (Lipinski definition) is 0. The van der Waals surface area contributed by atoms with Gasteiger partial charge >= 0.3 is 5.97 Å². The molecule has 0 spiro atoms. The second-order valence-electron chi connectivity index (χ2n) is 8.10. The van der Waals surface area contributed by atoms with Crippen LogP contribution >= 0.6 is 11.6 Å². The summed E-state index contributed by atoms with van der Waals surface area (Å²) in [7, 11) is 1.31. The highest BCUT2D eigenvalue weighted by Crippen LogP contribution is 2.38. The van der Waals surface area contributed by atoms with Crippen molar-refractivity contribution < 1.29 is 23.5 Å². The number of halogens is 1. The van der Waals surface area contributed by atoms with Crippen LogP contribution in [0.4, 0.5) is 0 Å². The number of benzene rings is 2. The van der Waals surface area contributed by atoms with E-state index in [0.717, 1.165) is 0 Å². The van der Waals surface area contributed by atoms with Gasteiger partial charge in [0.1, 0.15) is 5.58 Å². The van der Waals surface area contributed by atoms with E-state index in [1.807, 2.05) is 13.8 Å². The molecule has 172 valence electrons. The van der Waals surface area contributed by atoms with Gasteiger partial charge in [0.15, 0.2) is 5.43 Å². The van der Waals surface area contributed by atoms with Gasteiger partial charge in [0.25, 0.3) is 5.91 Å². The van der Waals surface area contributed by atoms with Crippen molar-refractivity contribution in [1.82, 2.24) is 4.90 Å². The second kappa shape index (κ2) is 9.37. The zero-order valence-corrected chi connectivity index (χ0v) is 19.3. The van der Waals surface area contributed by atoms with Gasteiger partial charge in [-0.25, -0.2) is 4.79 Å². The minimum atomic E-state index is -0.655. The monoisotopic (exact) mass is 469 g/mol. The first kappa shape index (κ1) is 23.0. The fraction of sp³-hybridized carbons (Fsp3) is 0.320. The van der Waals surface area contributed by atoms with Crippen molar-refractivity contribution in [3.63, 3.8) is 0 Å². The Hall–Kier alpha value is -3.16. The van der Waals surface area contributed by atoms with Gasteiger partial charge in [-0.3, -0.25) is 9.59 Å². The summed E-state index contributed by atoms with van der Waals surface area (Å²) in [6.45, 7) is 4.74. The summed E-state index contributed by atoms with van der Waals surface area (Å²) in [5, 5.41) is 0.718. The number of methoxy groups -OCH3 is 1. The van der Waals surface area contributed by atoms with E-state index in [0.29, 0.717) is 46.7 Å². The lowest BCUT2D eigenvalue weighted by Gasteiger charge is -2.25. The SMILES string of the molecule is COC(=O)c1ccc(C2c3c(oc4ccc(Cl)cc4c3=O)C(=O)N2CCCOC(C)C)cc1. The van der Waals surface area contributed by atoms with Crippen LogP contribution in [0.15, 0.2) is 51.7 Å². The van der Waals surface area contributed by atoms with Crippen molar-refractivity contribution in [1.29, 1.82) is 0 Å². The third kappa shape index (κ3) is 4.38. The van der Waals surface area contributed by atoms with Crippen LogP contribution in [0, 0.1) is 0 Å². The molecule has 0 saturated carbocycles. The van der Waals surface area contributed by atoms with Gasteiger partial charge in [0, 0.05) is 18.2 Å². The topological polar surface area (TPSA) is 86.0 Å². The number of rotatable bonds is 7. The van der Waals surface area contributed by atoms with Crippen LogP contribution < -0.4 is 5.43 Å². The van der Waals surface area contributed by atoms with E-state index in [-0.39, 0.29) is 28.8 Å². The maximum Gasteiger partial charge on any atom is 0.337 e. The van der Waals surface area contributed by atoms with Gasteiger partial charge in [-0.1, -0.05) is 23.7 Å². The largest absolute Gasteiger partial charge is 0.465 e. The number of fused-ring (bicyclic) bond motifs is 2. The number of nitrogens with zero attached hydrogens (tertiary/aromatic N) is 1. The molecule has 0 aliphatic carbocycles. The Labute approximate surface area is 195 Å². The molecule has 0 saturated heterocycles. The number of ether oxygens (including phenoxy) is 2. The number of esters is 1. The molecule has 2 heterocycles. The average Bonchev–Trinajstić information content (AvgIpc) is 3.08. The summed E-state index contributed by atoms with van der Waals surface area (Å²) in [6, 6.07) is 10.8. The lowest BCUT2D eigenvalue weighted by atomic mass is 9.97. The average molecular weight is 470 g/mol. The Morgan fingerprint density at radius 1 is 1.15 bits per heavy atom. The first-order chi connectivity index (χ1) is 15.8. The number of hydrogen-bond acceptors (Lipinski definition) is 6. The number of carbonyl (C=O) groups is 2. The number of carbonyl (C=O) groups excluding carboxylic acids is 2. The molecule has 1 aromatic heterocycles. The Bertz CT molecular complexity index is 1260. The molecular formula is C25H24ClNO6. The zero-order valence-electron chi connectivity index (χ0n) is 18.6. The third-order valence-electron chi connectivity index (χ3n) is 5.57. The normalized spacial score (nSPS) is 15.4. The summed E-state index contributed by atoms with van der Waals surface area (Å²) < 4.78 is 16.3. The highest BCUT2D eigenvalue weighted by Gasteiger charge is 2.42. The fourth-order valence-electron chi connectivity index (χ4n) is 4.04. The maximum atomic E-state index is 13.5. The standard InChI is InChI=1S/C25H24ClNO6/c1-14(2)32-12-4-11-27-21(15-5-7-16(8-6-15)25(30)31-3)20-22(28)18-13-17(26)9-10-19(18)33-23(20)24(27)29/h5-10,13-14,21H,4,11-12H2,1-3H3. The minimum Gasteiger partial charge on any atom is -0.465 e. The molecule has 0 bridgehead atoms. The molecule has 0 radical (unpaired) electrons. The molecule has 2 aromatic carbocycles. The van der Waals surface area contributed by atoms with E-state index < -0.39 is 12.0 Å². The smallest absolute Gasteiger partial charge is 0.337 e. The van der Waals surface area contributed by atoms with Gasteiger partial charge in [-0.2, -0.15) is 0 Å². The first-order valence-electron chi connectivity index (χ1n) is 10.7. The highest BCUT2D eigenvalue weighted by atomic mass is 35.5. The molecule has 7 nitrogen and oxygen atoms in total.